The van der Waals surface area contributed by atoms with Crippen LogP contribution in [-0.2, 0) is 4.79 Å². The van der Waals surface area contributed by atoms with Crippen molar-refractivity contribution in [3.8, 4) is 0 Å². The molecular formula is C12H24N2OS. The maximum atomic E-state index is 12.0. The molecule has 3 nitrogen and oxygen atoms in total. The highest BCUT2D eigenvalue weighted by molar-refractivity contribution is 7.99. The Morgan fingerprint density at radius 1 is 1.38 bits per heavy atom. The molecule has 94 valence electrons. The van der Waals surface area contributed by atoms with Gasteiger partial charge < -0.3 is 4.90 Å². The van der Waals surface area contributed by atoms with Gasteiger partial charge in [-0.2, -0.15) is 11.8 Å². The first-order valence-corrected chi connectivity index (χ1v) is 7.44. The topological polar surface area (TPSA) is 23.6 Å². The van der Waals surface area contributed by atoms with E-state index in [1.54, 1.807) is 0 Å². The van der Waals surface area contributed by atoms with Gasteiger partial charge in [0.2, 0.25) is 5.91 Å². The van der Waals surface area contributed by atoms with E-state index in [-0.39, 0.29) is 5.91 Å². The van der Waals surface area contributed by atoms with E-state index in [2.05, 4.69) is 11.8 Å². The number of carbonyl (C=O) groups excluding carboxylic acids is 1. The van der Waals surface area contributed by atoms with Crippen LogP contribution in [0.1, 0.15) is 27.2 Å². The van der Waals surface area contributed by atoms with Crippen LogP contribution in [0.25, 0.3) is 0 Å². The minimum absolute atomic E-state index is 0.281. The third-order valence-electron chi connectivity index (χ3n) is 3.28. The van der Waals surface area contributed by atoms with Crippen molar-refractivity contribution in [1.29, 1.82) is 0 Å². The molecule has 16 heavy (non-hydrogen) atoms. The van der Waals surface area contributed by atoms with Crippen molar-refractivity contribution in [1.82, 2.24) is 9.80 Å². The first kappa shape index (κ1) is 13.8. The zero-order chi connectivity index (χ0) is 12.0. The van der Waals surface area contributed by atoms with Crippen LogP contribution in [0.5, 0.6) is 0 Å². The van der Waals surface area contributed by atoms with Gasteiger partial charge in [0.25, 0.3) is 0 Å². The molecule has 0 bridgehead atoms. The standard InChI is InChI=1S/C12H24N2OS/c1-4-13(5-2)12(15)10-14-7-9-16-8-6-11(14)3/h11H,4-10H2,1-3H3/t11-/m1/s1. The number of carbonyl (C=O) groups is 1. The molecule has 0 unspecified atom stereocenters. The first-order valence-electron chi connectivity index (χ1n) is 6.28. The van der Waals surface area contributed by atoms with Crippen molar-refractivity contribution in [2.75, 3.05) is 37.7 Å². The van der Waals surface area contributed by atoms with E-state index in [1.165, 1.54) is 12.2 Å². The highest BCUT2D eigenvalue weighted by atomic mass is 32.2. The second kappa shape index (κ2) is 7.17. The lowest BCUT2D eigenvalue weighted by Gasteiger charge is -2.28. The van der Waals surface area contributed by atoms with Gasteiger partial charge in [-0.1, -0.05) is 0 Å². The monoisotopic (exact) mass is 244 g/mol. The predicted molar refractivity (Wildman–Crippen MR) is 70.9 cm³/mol. The lowest BCUT2D eigenvalue weighted by molar-refractivity contribution is -0.132. The summed E-state index contributed by atoms with van der Waals surface area (Å²) in [7, 11) is 0. The van der Waals surface area contributed by atoms with Crippen LogP contribution in [0.15, 0.2) is 0 Å². The van der Waals surface area contributed by atoms with Gasteiger partial charge in [-0.05, 0) is 32.9 Å². The SMILES string of the molecule is CCN(CC)C(=O)CN1CCSCC[C@H]1C. The molecular weight excluding hydrogens is 220 g/mol. The highest BCUT2D eigenvalue weighted by Crippen LogP contribution is 2.15. The molecule has 0 aromatic heterocycles. The van der Waals surface area contributed by atoms with Gasteiger partial charge in [0.05, 0.1) is 6.54 Å². The Hall–Kier alpha value is -0.220. The lowest BCUT2D eigenvalue weighted by Crippen LogP contribution is -2.44. The van der Waals surface area contributed by atoms with Crippen molar-refractivity contribution >= 4 is 17.7 Å². The smallest absolute Gasteiger partial charge is 0.236 e. The number of thioether (sulfide) groups is 1. The molecule has 0 aromatic rings. The van der Waals surface area contributed by atoms with Gasteiger partial charge in [0.15, 0.2) is 0 Å². The second-order valence-electron chi connectivity index (χ2n) is 4.29. The maximum Gasteiger partial charge on any atom is 0.236 e. The molecule has 1 heterocycles. The third-order valence-corrected chi connectivity index (χ3v) is 4.28. The lowest BCUT2D eigenvalue weighted by atomic mass is 10.2. The van der Waals surface area contributed by atoms with E-state index in [0.717, 1.165) is 25.4 Å². The molecule has 0 spiro atoms. The summed E-state index contributed by atoms with van der Waals surface area (Å²) >= 11 is 2.00. The van der Waals surface area contributed by atoms with Gasteiger partial charge in [-0.15, -0.1) is 0 Å². The molecule has 0 aromatic carbocycles. The number of likely N-dealkylation sites (N-methyl/N-ethyl adjacent to an activating group) is 1. The Morgan fingerprint density at radius 3 is 2.69 bits per heavy atom. The Kier molecular flexibility index (Phi) is 6.21. The molecule has 1 saturated heterocycles. The summed E-state index contributed by atoms with van der Waals surface area (Å²) in [6, 6.07) is 0.550. The maximum absolute atomic E-state index is 12.0. The molecule has 1 atom stereocenters. The highest BCUT2D eigenvalue weighted by Gasteiger charge is 2.21. The largest absolute Gasteiger partial charge is 0.342 e. The molecule has 1 aliphatic heterocycles. The van der Waals surface area contributed by atoms with E-state index >= 15 is 0 Å². The molecule has 1 rings (SSSR count). The number of hydrogen-bond donors (Lipinski definition) is 0. The number of amides is 1. The Bertz CT molecular complexity index is 219. The van der Waals surface area contributed by atoms with Crippen LogP contribution in [0.2, 0.25) is 0 Å². The summed E-state index contributed by atoms with van der Waals surface area (Å²) in [6.45, 7) is 9.63. The van der Waals surface area contributed by atoms with Crippen molar-refractivity contribution in [3.05, 3.63) is 0 Å². The molecule has 0 radical (unpaired) electrons. The number of hydrogen-bond acceptors (Lipinski definition) is 3. The van der Waals surface area contributed by atoms with E-state index in [9.17, 15) is 4.79 Å². The summed E-state index contributed by atoms with van der Waals surface area (Å²) < 4.78 is 0. The van der Waals surface area contributed by atoms with Gasteiger partial charge in [-0.25, -0.2) is 0 Å². The van der Waals surface area contributed by atoms with Crippen LogP contribution in [0.4, 0.5) is 0 Å². The van der Waals surface area contributed by atoms with E-state index in [1.807, 2.05) is 30.5 Å². The molecule has 0 saturated carbocycles. The van der Waals surface area contributed by atoms with Crippen molar-refractivity contribution in [2.45, 2.75) is 33.2 Å². The Labute approximate surface area is 104 Å². The summed E-state index contributed by atoms with van der Waals surface area (Å²) in [5, 5.41) is 0. The van der Waals surface area contributed by atoms with E-state index < -0.39 is 0 Å². The third kappa shape index (κ3) is 3.98. The minimum atomic E-state index is 0.281. The van der Waals surface area contributed by atoms with Crippen LogP contribution in [-0.4, -0.2) is 59.4 Å². The normalized spacial score (nSPS) is 22.8. The second-order valence-corrected chi connectivity index (χ2v) is 5.51. The summed E-state index contributed by atoms with van der Waals surface area (Å²) in [4.78, 5) is 16.3. The zero-order valence-electron chi connectivity index (χ0n) is 10.7. The molecule has 0 aliphatic carbocycles. The summed E-state index contributed by atoms with van der Waals surface area (Å²) in [5.74, 6) is 2.68. The van der Waals surface area contributed by atoms with Crippen LogP contribution >= 0.6 is 11.8 Å². The average molecular weight is 244 g/mol. The van der Waals surface area contributed by atoms with Gasteiger partial charge in [-0.3, -0.25) is 9.69 Å². The molecule has 1 amide bonds. The molecule has 1 aliphatic rings. The van der Waals surface area contributed by atoms with Crippen molar-refractivity contribution in [3.63, 3.8) is 0 Å². The molecule has 0 N–H and O–H groups in total. The number of rotatable bonds is 4. The fourth-order valence-electron chi connectivity index (χ4n) is 2.03. The Balaban J connectivity index is 2.47. The zero-order valence-corrected chi connectivity index (χ0v) is 11.6. The average Bonchev–Trinajstić information content (AvgIpc) is 2.46. The summed E-state index contributed by atoms with van der Waals surface area (Å²) in [6.07, 6.45) is 1.20. The predicted octanol–water partition coefficient (Wildman–Crippen LogP) is 1.68. The van der Waals surface area contributed by atoms with Gasteiger partial charge in [0, 0.05) is 31.4 Å². The van der Waals surface area contributed by atoms with E-state index in [0.29, 0.717) is 12.6 Å². The van der Waals surface area contributed by atoms with E-state index in [4.69, 9.17) is 0 Å². The van der Waals surface area contributed by atoms with Crippen LogP contribution < -0.4 is 0 Å². The minimum Gasteiger partial charge on any atom is -0.342 e. The van der Waals surface area contributed by atoms with Crippen molar-refractivity contribution < 1.29 is 4.79 Å². The van der Waals surface area contributed by atoms with Crippen LogP contribution in [0.3, 0.4) is 0 Å². The Morgan fingerprint density at radius 2 is 2.06 bits per heavy atom. The summed E-state index contributed by atoms with van der Waals surface area (Å²) in [5.41, 5.74) is 0. The van der Waals surface area contributed by atoms with Crippen LogP contribution in [0, 0.1) is 0 Å². The van der Waals surface area contributed by atoms with Gasteiger partial charge in [0.1, 0.15) is 0 Å². The number of nitrogens with zero attached hydrogens (tertiary/aromatic N) is 2. The quantitative estimate of drug-likeness (QED) is 0.752. The molecule has 1 fully saturated rings. The fraction of sp³-hybridized carbons (Fsp3) is 0.917. The van der Waals surface area contributed by atoms with Crippen molar-refractivity contribution in [2.24, 2.45) is 0 Å². The fourth-order valence-corrected chi connectivity index (χ4v) is 3.10. The molecule has 4 heteroatoms. The van der Waals surface area contributed by atoms with Gasteiger partial charge >= 0.3 is 0 Å². The first-order chi connectivity index (χ1) is 7.69.